The number of thiophene rings is 1. The molecule has 2 heterocycles. The van der Waals surface area contributed by atoms with Crippen LogP contribution in [0.3, 0.4) is 0 Å². The Hall–Kier alpha value is -1.73. The van der Waals surface area contributed by atoms with E-state index in [1.54, 1.807) is 22.7 Å². The molecule has 0 spiro atoms. The van der Waals surface area contributed by atoms with Gasteiger partial charge in [0.25, 0.3) is 0 Å². The van der Waals surface area contributed by atoms with Crippen molar-refractivity contribution in [2.75, 3.05) is 6.54 Å². The number of thiazole rings is 1. The van der Waals surface area contributed by atoms with E-state index >= 15 is 0 Å². The van der Waals surface area contributed by atoms with Gasteiger partial charge in [-0.25, -0.2) is 4.98 Å². The van der Waals surface area contributed by atoms with Crippen molar-refractivity contribution in [1.82, 2.24) is 15.6 Å². The molecule has 1 aliphatic carbocycles. The summed E-state index contributed by atoms with van der Waals surface area (Å²) in [6.45, 7) is 4.06. The first-order valence-corrected chi connectivity index (χ1v) is 10.8. The normalized spacial score (nSPS) is 15.8. The second-order valence-electron chi connectivity index (χ2n) is 6.78. The smallest absolute Gasteiger partial charge is 0.242 e. The summed E-state index contributed by atoms with van der Waals surface area (Å²) in [6.07, 6.45) is 5.10. The van der Waals surface area contributed by atoms with Gasteiger partial charge in [-0.05, 0) is 44.2 Å². The first-order chi connectivity index (χ1) is 12.5. The standard InChI is InChI=1S/C19H25N3O2S2/c1-12(23)21-18(14-5-3-4-6-14)19(24)20-10-9-15-7-8-17(26-15)16-11-25-13(2)22-16/h7-8,11,14,18H,3-6,9-10H2,1-2H3,(H,20,24)(H,21,23). The van der Waals surface area contributed by atoms with Crippen LogP contribution in [-0.4, -0.2) is 29.4 Å². The first-order valence-electron chi connectivity index (χ1n) is 9.09. The number of aromatic nitrogens is 1. The van der Waals surface area contributed by atoms with Crippen LogP contribution in [0.15, 0.2) is 17.5 Å². The summed E-state index contributed by atoms with van der Waals surface area (Å²) < 4.78 is 0. The number of rotatable bonds is 7. The van der Waals surface area contributed by atoms with Crippen molar-refractivity contribution in [1.29, 1.82) is 0 Å². The van der Waals surface area contributed by atoms with Gasteiger partial charge in [0.2, 0.25) is 11.8 Å². The number of carbonyl (C=O) groups is 2. The molecule has 1 saturated carbocycles. The fourth-order valence-electron chi connectivity index (χ4n) is 3.45. The highest BCUT2D eigenvalue weighted by molar-refractivity contribution is 7.16. The fourth-order valence-corrected chi connectivity index (χ4v) is 5.11. The van der Waals surface area contributed by atoms with Gasteiger partial charge >= 0.3 is 0 Å². The second kappa shape index (κ2) is 8.77. The van der Waals surface area contributed by atoms with Crippen molar-refractivity contribution in [3.63, 3.8) is 0 Å². The number of hydrogen-bond acceptors (Lipinski definition) is 5. The van der Waals surface area contributed by atoms with Gasteiger partial charge < -0.3 is 10.6 Å². The van der Waals surface area contributed by atoms with E-state index in [0.717, 1.165) is 47.7 Å². The minimum Gasteiger partial charge on any atom is -0.354 e. The Morgan fingerprint density at radius 2 is 2.08 bits per heavy atom. The number of carbonyl (C=O) groups excluding carboxylic acids is 2. The molecule has 0 bridgehead atoms. The third kappa shape index (κ3) is 4.92. The molecule has 2 aromatic rings. The molecule has 2 N–H and O–H groups in total. The van der Waals surface area contributed by atoms with Gasteiger partial charge in [0.1, 0.15) is 6.04 Å². The Kier molecular flexibility index (Phi) is 6.43. The lowest BCUT2D eigenvalue weighted by Gasteiger charge is -2.23. The molecule has 1 fully saturated rings. The highest BCUT2D eigenvalue weighted by Gasteiger charge is 2.31. The van der Waals surface area contributed by atoms with Gasteiger partial charge in [-0.3, -0.25) is 9.59 Å². The maximum Gasteiger partial charge on any atom is 0.242 e. The largest absolute Gasteiger partial charge is 0.354 e. The first kappa shape index (κ1) is 19.0. The van der Waals surface area contributed by atoms with Gasteiger partial charge in [-0.1, -0.05) is 12.8 Å². The molecule has 0 aromatic carbocycles. The predicted octanol–water partition coefficient (Wildman–Crippen LogP) is 3.53. The SMILES string of the molecule is CC(=O)NC(C(=O)NCCc1ccc(-c2csc(C)n2)s1)C1CCCC1. The average Bonchev–Trinajstić information content (AvgIpc) is 3.33. The molecule has 1 unspecified atom stereocenters. The van der Waals surface area contributed by atoms with Gasteiger partial charge in [-0.15, -0.1) is 22.7 Å². The molecule has 2 aromatic heterocycles. The molecule has 1 aliphatic rings. The van der Waals surface area contributed by atoms with E-state index in [2.05, 4.69) is 33.1 Å². The Morgan fingerprint density at radius 3 is 2.73 bits per heavy atom. The topological polar surface area (TPSA) is 71.1 Å². The van der Waals surface area contributed by atoms with E-state index in [0.29, 0.717) is 6.54 Å². The van der Waals surface area contributed by atoms with Crippen molar-refractivity contribution in [3.05, 3.63) is 27.4 Å². The van der Waals surface area contributed by atoms with Crippen molar-refractivity contribution < 1.29 is 9.59 Å². The number of nitrogens with one attached hydrogen (secondary N) is 2. The van der Waals surface area contributed by atoms with Crippen LogP contribution >= 0.6 is 22.7 Å². The Labute approximate surface area is 162 Å². The summed E-state index contributed by atoms with van der Waals surface area (Å²) in [5, 5.41) is 8.99. The van der Waals surface area contributed by atoms with Crippen LogP contribution in [-0.2, 0) is 16.0 Å². The van der Waals surface area contributed by atoms with Gasteiger partial charge in [0, 0.05) is 23.7 Å². The molecule has 2 amide bonds. The van der Waals surface area contributed by atoms with Gasteiger partial charge in [-0.2, -0.15) is 0 Å². The van der Waals surface area contributed by atoms with E-state index in [9.17, 15) is 9.59 Å². The highest BCUT2D eigenvalue weighted by Crippen LogP contribution is 2.29. The van der Waals surface area contributed by atoms with Crippen LogP contribution in [0.2, 0.25) is 0 Å². The van der Waals surface area contributed by atoms with Crippen LogP contribution in [0.1, 0.15) is 42.5 Å². The zero-order chi connectivity index (χ0) is 18.5. The van der Waals surface area contributed by atoms with E-state index in [-0.39, 0.29) is 17.7 Å². The summed E-state index contributed by atoms with van der Waals surface area (Å²) in [6, 6.07) is 3.80. The molecule has 0 radical (unpaired) electrons. The summed E-state index contributed by atoms with van der Waals surface area (Å²) in [5.41, 5.74) is 1.03. The van der Waals surface area contributed by atoms with Crippen LogP contribution in [0.25, 0.3) is 10.6 Å². The second-order valence-corrected chi connectivity index (χ2v) is 9.01. The van der Waals surface area contributed by atoms with Crippen LogP contribution < -0.4 is 10.6 Å². The van der Waals surface area contributed by atoms with Crippen LogP contribution in [0.4, 0.5) is 0 Å². The number of amides is 2. The van der Waals surface area contributed by atoms with Gasteiger partial charge in [0.05, 0.1) is 15.6 Å². The van der Waals surface area contributed by atoms with E-state index in [4.69, 9.17) is 0 Å². The summed E-state index contributed by atoms with van der Waals surface area (Å²) in [7, 11) is 0. The Balaban J connectivity index is 1.52. The number of hydrogen-bond donors (Lipinski definition) is 2. The fraction of sp³-hybridized carbons (Fsp3) is 0.526. The quantitative estimate of drug-likeness (QED) is 0.758. The molecule has 0 aliphatic heterocycles. The van der Waals surface area contributed by atoms with Gasteiger partial charge in [0.15, 0.2) is 0 Å². The predicted molar refractivity (Wildman–Crippen MR) is 106 cm³/mol. The Morgan fingerprint density at radius 1 is 1.31 bits per heavy atom. The molecule has 5 nitrogen and oxygen atoms in total. The third-order valence-corrected chi connectivity index (χ3v) is 6.66. The van der Waals surface area contributed by atoms with Crippen molar-refractivity contribution in [3.8, 4) is 10.6 Å². The van der Waals surface area contributed by atoms with E-state index in [1.165, 1.54) is 11.8 Å². The van der Waals surface area contributed by atoms with E-state index < -0.39 is 6.04 Å². The van der Waals surface area contributed by atoms with Crippen LogP contribution in [0.5, 0.6) is 0 Å². The highest BCUT2D eigenvalue weighted by atomic mass is 32.1. The minimum atomic E-state index is -0.396. The molecule has 26 heavy (non-hydrogen) atoms. The molecule has 7 heteroatoms. The monoisotopic (exact) mass is 391 g/mol. The molecular weight excluding hydrogens is 366 g/mol. The van der Waals surface area contributed by atoms with Crippen molar-refractivity contribution >= 4 is 34.5 Å². The molecule has 1 atom stereocenters. The molecular formula is C19H25N3O2S2. The van der Waals surface area contributed by atoms with Crippen LogP contribution in [0, 0.1) is 12.8 Å². The number of aryl methyl sites for hydroxylation is 1. The zero-order valence-electron chi connectivity index (χ0n) is 15.2. The maximum absolute atomic E-state index is 12.6. The summed E-state index contributed by atoms with van der Waals surface area (Å²) in [5.74, 6) is 0.0673. The molecule has 140 valence electrons. The van der Waals surface area contributed by atoms with E-state index in [1.807, 2.05) is 6.92 Å². The molecule has 3 rings (SSSR count). The third-order valence-electron chi connectivity index (χ3n) is 4.72. The Bertz CT molecular complexity index is 762. The summed E-state index contributed by atoms with van der Waals surface area (Å²) >= 11 is 3.37. The minimum absolute atomic E-state index is 0.0565. The zero-order valence-corrected chi connectivity index (χ0v) is 16.8. The van der Waals surface area contributed by atoms with Crippen molar-refractivity contribution in [2.45, 2.75) is 52.0 Å². The summed E-state index contributed by atoms with van der Waals surface area (Å²) in [4.78, 5) is 30.9. The average molecular weight is 392 g/mol. The lowest BCUT2D eigenvalue weighted by molar-refractivity contribution is -0.129. The van der Waals surface area contributed by atoms with Crippen molar-refractivity contribution in [2.24, 2.45) is 5.92 Å². The number of nitrogens with zero attached hydrogens (tertiary/aromatic N) is 1. The molecule has 0 saturated heterocycles. The maximum atomic E-state index is 12.6. The lowest BCUT2D eigenvalue weighted by Crippen LogP contribution is -2.50. The lowest BCUT2D eigenvalue weighted by atomic mass is 9.97.